The lowest BCUT2D eigenvalue weighted by Gasteiger charge is -2.20. The molecular formula is C13H20N4O3. The largest absolute Gasteiger partial charge is 0.481 e. The van der Waals surface area contributed by atoms with Crippen molar-refractivity contribution in [3.05, 3.63) is 18.7 Å². The average molecular weight is 280 g/mol. The van der Waals surface area contributed by atoms with Gasteiger partial charge in [0.2, 0.25) is 0 Å². The zero-order valence-corrected chi connectivity index (χ0v) is 11.6. The highest BCUT2D eigenvalue weighted by Crippen LogP contribution is 2.29. The van der Waals surface area contributed by atoms with Crippen LogP contribution in [0.25, 0.3) is 0 Å². The van der Waals surface area contributed by atoms with Crippen LogP contribution in [0, 0.1) is 5.41 Å². The van der Waals surface area contributed by atoms with E-state index in [4.69, 9.17) is 5.11 Å². The van der Waals surface area contributed by atoms with Crippen LogP contribution < -0.4 is 5.32 Å². The number of amides is 2. The third-order valence-corrected chi connectivity index (χ3v) is 3.71. The lowest BCUT2D eigenvalue weighted by molar-refractivity contribution is -0.146. The van der Waals surface area contributed by atoms with Crippen molar-refractivity contribution in [1.29, 1.82) is 0 Å². The van der Waals surface area contributed by atoms with Gasteiger partial charge in [0.15, 0.2) is 0 Å². The molecule has 1 saturated heterocycles. The molecular weight excluding hydrogens is 260 g/mol. The van der Waals surface area contributed by atoms with Crippen molar-refractivity contribution in [3.63, 3.8) is 0 Å². The molecule has 20 heavy (non-hydrogen) atoms. The van der Waals surface area contributed by atoms with Crippen LogP contribution in [0.1, 0.15) is 19.8 Å². The van der Waals surface area contributed by atoms with Crippen LogP contribution in [0.2, 0.25) is 0 Å². The van der Waals surface area contributed by atoms with Crippen molar-refractivity contribution >= 4 is 12.0 Å². The number of hydrogen-bond donors (Lipinski definition) is 2. The van der Waals surface area contributed by atoms with E-state index in [1.54, 1.807) is 24.3 Å². The van der Waals surface area contributed by atoms with Gasteiger partial charge in [0.05, 0.1) is 11.7 Å². The van der Waals surface area contributed by atoms with Crippen LogP contribution in [0.3, 0.4) is 0 Å². The standard InChI is InChI=1S/C13H20N4O3/c1-13(11(18)19)3-7-17(9-13)12(20)15-4-2-6-16-8-5-14-10-16/h5,8,10H,2-4,6-7,9H2,1H3,(H,15,20)(H,18,19). The fourth-order valence-corrected chi connectivity index (χ4v) is 2.30. The van der Waals surface area contributed by atoms with Crippen molar-refractivity contribution in [2.75, 3.05) is 19.6 Å². The number of imidazole rings is 1. The van der Waals surface area contributed by atoms with Gasteiger partial charge in [0, 0.05) is 38.6 Å². The maximum absolute atomic E-state index is 11.9. The Morgan fingerprint density at radius 1 is 1.50 bits per heavy atom. The van der Waals surface area contributed by atoms with Gasteiger partial charge in [-0.2, -0.15) is 0 Å². The van der Waals surface area contributed by atoms with Crippen molar-refractivity contribution in [3.8, 4) is 0 Å². The third kappa shape index (κ3) is 3.28. The first kappa shape index (κ1) is 14.4. The van der Waals surface area contributed by atoms with Crippen LogP contribution in [-0.4, -0.2) is 51.2 Å². The number of aromatic nitrogens is 2. The first-order valence-electron chi connectivity index (χ1n) is 6.73. The maximum atomic E-state index is 11.9. The van der Waals surface area contributed by atoms with Gasteiger partial charge in [-0.05, 0) is 19.8 Å². The molecule has 0 aliphatic carbocycles. The summed E-state index contributed by atoms with van der Waals surface area (Å²) in [6.07, 6.45) is 6.65. The lowest BCUT2D eigenvalue weighted by atomic mass is 9.90. The number of carboxylic acids is 1. The van der Waals surface area contributed by atoms with E-state index in [2.05, 4.69) is 10.3 Å². The van der Waals surface area contributed by atoms with E-state index >= 15 is 0 Å². The molecule has 0 saturated carbocycles. The van der Waals surface area contributed by atoms with Gasteiger partial charge in [-0.3, -0.25) is 4.79 Å². The average Bonchev–Trinajstić information content (AvgIpc) is 3.04. The summed E-state index contributed by atoms with van der Waals surface area (Å²) in [7, 11) is 0. The molecule has 2 amide bonds. The zero-order valence-electron chi connectivity index (χ0n) is 11.6. The monoisotopic (exact) mass is 280 g/mol. The van der Waals surface area contributed by atoms with E-state index in [0.29, 0.717) is 19.5 Å². The summed E-state index contributed by atoms with van der Waals surface area (Å²) < 4.78 is 1.95. The number of urea groups is 1. The molecule has 1 aromatic heterocycles. The molecule has 1 aliphatic rings. The minimum atomic E-state index is -0.840. The predicted octanol–water partition coefficient (Wildman–Crippen LogP) is 0.779. The summed E-state index contributed by atoms with van der Waals surface area (Å²) in [5, 5.41) is 11.9. The van der Waals surface area contributed by atoms with Crippen LogP contribution in [0.5, 0.6) is 0 Å². The fourth-order valence-electron chi connectivity index (χ4n) is 2.30. The molecule has 1 unspecified atom stereocenters. The Bertz CT molecular complexity index is 474. The number of carbonyl (C=O) groups is 2. The molecule has 1 atom stereocenters. The van der Waals surface area contributed by atoms with Gasteiger partial charge in [-0.25, -0.2) is 9.78 Å². The number of carbonyl (C=O) groups excluding carboxylic acids is 1. The summed E-state index contributed by atoms with van der Waals surface area (Å²) in [5.41, 5.74) is -0.811. The SMILES string of the molecule is CC1(C(=O)O)CCN(C(=O)NCCCn2ccnc2)C1. The molecule has 1 aromatic rings. The second-order valence-corrected chi connectivity index (χ2v) is 5.42. The Morgan fingerprint density at radius 3 is 2.90 bits per heavy atom. The highest BCUT2D eigenvalue weighted by Gasteiger charge is 2.42. The Hall–Kier alpha value is -2.05. The summed E-state index contributed by atoms with van der Waals surface area (Å²) in [4.78, 5) is 28.6. The van der Waals surface area contributed by atoms with E-state index in [-0.39, 0.29) is 12.6 Å². The Kier molecular flexibility index (Phi) is 4.26. The molecule has 2 N–H and O–H groups in total. The number of nitrogens with zero attached hydrogens (tertiary/aromatic N) is 3. The molecule has 2 rings (SSSR count). The van der Waals surface area contributed by atoms with Crippen molar-refractivity contribution < 1.29 is 14.7 Å². The first-order chi connectivity index (χ1) is 9.51. The van der Waals surface area contributed by atoms with Crippen molar-refractivity contribution in [1.82, 2.24) is 19.8 Å². The van der Waals surface area contributed by atoms with Gasteiger partial charge in [0.1, 0.15) is 0 Å². The van der Waals surface area contributed by atoms with Gasteiger partial charge < -0.3 is 19.9 Å². The molecule has 0 aromatic carbocycles. The molecule has 2 heterocycles. The summed E-state index contributed by atoms with van der Waals surface area (Å²) in [6.45, 7) is 3.82. The molecule has 7 heteroatoms. The van der Waals surface area contributed by atoms with E-state index < -0.39 is 11.4 Å². The third-order valence-electron chi connectivity index (χ3n) is 3.71. The van der Waals surface area contributed by atoms with E-state index in [1.807, 2.05) is 10.8 Å². The number of rotatable bonds is 5. The number of carboxylic acid groups (broad SMARTS) is 1. The minimum Gasteiger partial charge on any atom is -0.481 e. The van der Waals surface area contributed by atoms with E-state index in [9.17, 15) is 9.59 Å². The van der Waals surface area contributed by atoms with Crippen LogP contribution >= 0.6 is 0 Å². The van der Waals surface area contributed by atoms with Crippen LogP contribution in [0.4, 0.5) is 4.79 Å². The molecule has 0 spiro atoms. The fraction of sp³-hybridized carbons (Fsp3) is 0.615. The lowest BCUT2D eigenvalue weighted by Crippen LogP contribution is -2.41. The second-order valence-electron chi connectivity index (χ2n) is 5.42. The van der Waals surface area contributed by atoms with Gasteiger partial charge in [0.25, 0.3) is 0 Å². The topological polar surface area (TPSA) is 87.5 Å². The van der Waals surface area contributed by atoms with E-state index in [0.717, 1.165) is 13.0 Å². The van der Waals surface area contributed by atoms with Crippen molar-refractivity contribution in [2.45, 2.75) is 26.3 Å². The Balaban J connectivity index is 1.69. The van der Waals surface area contributed by atoms with Crippen LogP contribution in [-0.2, 0) is 11.3 Å². The zero-order chi connectivity index (χ0) is 14.6. The quantitative estimate of drug-likeness (QED) is 0.780. The molecule has 110 valence electrons. The number of likely N-dealkylation sites (tertiary alicyclic amines) is 1. The molecule has 1 fully saturated rings. The molecule has 0 radical (unpaired) electrons. The Labute approximate surface area is 117 Å². The van der Waals surface area contributed by atoms with Gasteiger partial charge in [-0.15, -0.1) is 0 Å². The van der Waals surface area contributed by atoms with Gasteiger partial charge >= 0.3 is 12.0 Å². The second kappa shape index (κ2) is 5.94. The molecule has 1 aliphatic heterocycles. The maximum Gasteiger partial charge on any atom is 0.317 e. The summed E-state index contributed by atoms with van der Waals surface area (Å²) >= 11 is 0. The normalized spacial score (nSPS) is 21.9. The van der Waals surface area contributed by atoms with Crippen molar-refractivity contribution in [2.24, 2.45) is 5.41 Å². The smallest absolute Gasteiger partial charge is 0.317 e. The minimum absolute atomic E-state index is 0.180. The highest BCUT2D eigenvalue weighted by molar-refractivity contribution is 5.79. The summed E-state index contributed by atoms with van der Waals surface area (Å²) in [6, 6.07) is -0.180. The van der Waals surface area contributed by atoms with E-state index in [1.165, 1.54) is 0 Å². The number of aryl methyl sites for hydroxylation is 1. The number of hydrogen-bond acceptors (Lipinski definition) is 3. The van der Waals surface area contributed by atoms with Crippen LogP contribution in [0.15, 0.2) is 18.7 Å². The first-order valence-corrected chi connectivity index (χ1v) is 6.73. The number of nitrogens with one attached hydrogen (secondary N) is 1. The highest BCUT2D eigenvalue weighted by atomic mass is 16.4. The molecule has 0 bridgehead atoms. The molecule has 7 nitrogen and oxygen atoms in total. The van der Waals surface area contributed by atoms with Gasteiger partial charge in [-0.1, -0.05) is 0 Å². The summed E-state index contributed by atoms with van der Waals surface area (Å²) in [5.74, 6) is -0.840. The predicted molar refractivity (Wildman–Crippen MR) is 72.2 cm³/mol. The Morgan fingerprint density at radius 2 is 2.30 bits per heavy atom. The number of aliphatic carboxylic acids is 1.